The van der Waals surface area contributed by atoms with Crippen molar-refractivity contribution in [2.45, 2.75) is 4.90 Å². The second-order valence-electron chi connectivity index (χ2n) is 3.89. The van der Waals surface area contributed by atoms with Crippen LogP contribution in [-0.2, 0) is 14.8 Å². The van der Waals surface area contributed by atoms with Crippen LogP contribution >= 0.6 is 0 Å². The molecule has 0 atom stereocenters. The fourth-order valence-corrected chi connectivity index (χ4v) is 2.33. The van der Waals surface area contributed by atoms with E-state index < -0.39 is 10.0 Å². The third kappa shape index (κ3) is 4.75. The van der Waals surface area contributed by atoms with Gasteiger partial charge in [0.1, 0.15) is 10.7 Å². The third-order valence-corrected chi connectivity index (χ3v) is 3.90. The number of ether oxygens (including phenoxy) is 1. The van der Waals surface area contributed by atoms with Gasteiger partial charge in [0, 0.05) is 33.4 Å². The average Bonchev–Trinajstić information content (AvgIpc) is 2.42. The second kappa shape index (κ2) is 7.39. The van der Waals surface area contributed by atoms with Gasteiger partial charge >= 0.3 is 0 Å². The predicted molar refractivity (Wildman–Crippen MR) is 71.7 cm³/mol. The van der Waals surface area contributed by atoms with Crippen molar-refractivity contribution in [1.82, 2.24) is 9.71 Å². The Morgan fingerprint density at radius 2 is 2.21 bits per heavy atom. The Morgan fingerprint density at radius 1 is 1.47 bits per heavy atom. The molecule has 0 spiro atoms. The van der Waals surface area contributed by atoms with Crippen LogP contribution in [0.25, 0.3) is 0 Å². The number of aromatic nitrogens is 1. The lowest BCUT2D eigenvalue weighted by molar-refractivity contribution is 0.206. The van der Waals surface area contributed by atoms with E-state index in [1.807, 2.05) is 11.9 Å². The topological polar surface area (TPSA) is 91.8 Å². The number of rotatable bonds is 8. The lowest BCUT2D eigenvalue weighted by Gasteiger charge is -2.17. The van der Waals surface area contributed by atoms with Gasteiger partial charge in [-0.2, -0.15) is 0 Å². The molecule has 19 heavy (non-hydrogen) atoms. The molecular formula is C11H19N3O4S. The number of pyridine rings is 1. The number of anilines is 1. The molecule has 1 aromatic rings. The molecule has 0 amide bonds. The minimum absolute atomic E-state index is 0.0160. The molecule has 0 saturated carbocycles. The summed E-state index contributed by atoms with van der Waals surface area (Å²) in [6.07, 6.45) is 1.29. The highest BCUT2D eigenvalue weighted by molar-refractivity contribution is 7.89. The van der Waals surface area contributed by atoms with Gasteiger partial charge in [-0.1, -0.05) is 0 Å². The number of hydrogen-bond donors (Lipinski definition) is 2. The Balaban J connectivity index is 2.75. The summed E-state index contributed by atoms with van der Waals surface area (Å²) < 4.78 is 30.7. The Labute approximate surface area is 113 Å². The van der Waals surface area contributed by atoms with Crippen molar-refractivity contribution < 1.29 is 18.3 Å². The number of methoxy groups -OCH3 is 1. The molecule has 0 aliphatic carbocycles. The molecule has 0 fully saturated rings. The van der Waals surface area contributed by atoms with Crippen molar-refractivity contribution in [1.29, 1.82) is 0 Å². The molecule has 0 bridgehead atoms. The van der Waals surface area contributed by atoms with Gasteiger partial charge < -0.3 is 14.7 Å². The number of likely N-dealkylation sites (N-methyl/N-ethyl adjacent to an activating group) is 1. The van der Waals surface area contributed by atoms with Crippen molar-refractivity contribution in [2.24, 2.45) is 0 Å². The Hall–Kier alpha value is -1.22. The molecule has 7 nitrogen and oxygen atoms in total. The summed E-state index contributed by atoms with van der Waals surface area (Å²) in [6.45, 7) is 0.969. The Morgan fingerprint density at radius 3 is 2.74 bits per heavy atom. The summed E-state index contributed by atoms with van der Waals surface area (Å²) in [5.41, 5.74) is 0. The molecule has 0 saturated heterocycles. The first-order valence-corrected chi connectivity index (χ1v) is 7.26. The summed E-state index contributed by atoms with van der Waals surface area (Å²) in [7, 11) is -0.136. The second-order valence-corrected chi connectivity index (χ2v) is 5.65. The smallest absolute Gasteiger partial charge is 0.242 e. The highest BCUT2D eigenvalue weighted by Crippen LogP contribution is 2.12. The van der Waals surface area contributed by atoms with Crippen molar-refractivity contribution >= 4 is 15.8 Å². The lowest BCUT2D eigenvalue weighted by atomic mass is 10.4. The molecule has 1 heterocycles. The highest BCUT2D eigenvalue weighted by atomic mass is 32.2. The van der Waals surface area contributed by atoms with Crippen LogP contribution in [0.1, 0.15) is 0 Å². The van der Waals surface area contributed by atoms with Crippen LogP contribution < -0.4 is 9.62 Å². The first kappa shape index (κ1) is 15.8. The van der Waals surface area contributed by atoms with Gasteiger partial charge in [0.25, 0.3) is 0 Å². The van der Waals surface area contributed by atoms with E-state index in [4.69, 9.17) is 9.84 Å². The predicted octanol–water partition coefficient (Wildman–Crippen LogP) is -0.565. The quantitative estimate of drug-likeness (QED) is 0.666. The third-order valence-electron chi connectivity index (χ3n) is 2.46. The maximum Gasteiger partial charge on any atom is 0.242 e. The summed E-state index contributed by atoms with van der Waals surface area (Å²) in [5, 5.41) is 8.61. The zero-order valence-electron chi connectivity index (χ0n) is 11.0. The molecule has 8 heteroatoms. The van der Waals surface area contributed by atoms with Gasteiger partial charge in [-0.05, 0) is 12.1 Å². The van der Waals surface area contributed by atoms with Crippen LogP contribution in [0.3, 0.4) is 0 Å². The molecule has 108 valence electrons. The van der Waals surface area contributed by atoms with E-state index in [1.165, 1.54) is 12.3 Å². The molecule has 0 aliphatic heterocycles. The molecule has 1 rings (SSSR count). The zero-order chi connectivity index (χ0) is 14.3. The maximum atomic E-state index is 11.7. The summed E-state index contributed by atoms with van der Waals surface area (Å²) in [4.78, 5) is 6.03. The number of aliphatic hydroxyl groups excluding tert-OH is 1. The van der Waals surface area contributed by atoms with Crippen LogP contribution in [0.2, 0.25) is 0 Å². The lowest BCUT2D eigenvalue weighted by Crippen LogP contribution is -2.27. The van der Waals surface area contributed by atoms with Crippen LogP contribution in [0.15, 0.2) is 23.2 Å². The van der Waals surface area contributed by atoms with Gasteiger partial charge in [0.2, 0.25) is 10.0 Å². The molecule has 0 aromatic carbocycles. The Kier molecular flexibility index (Phi) is 6.16. The van der Waals surface area contributed by atoms with Crippen molar-refractivity contribution in [3.63, 3.8) is 0 Å². The van der Waals surface area contributed by atoms with Gasteiger partial charge in [0.05, 0.1) is 13.2 Å². The minimum Gasteiger partial charge on any atom is -0.395 e. The van der Waals surface area contributed by atoms with Crippen molar-refractivity contribution in [3.8, 4) is 0 Å². The SMILES string of the molecule is COCCN(C)c1ccc(S(=O)(=O)NCCO)cn1. The molecule has 0 unspecified atom stereocenters. The minimum atomic E-state index is -3.60. The molecule has 0 radical (unpaired) electrons. The van der Waals surface area contributed by atoms with Gasteiger partial charge in [-0.3, -0.25) is 0 Å². The normalized spacial score (nSPS) is 11.5. The first-order valence-electron chi connectivity index (χ1n) is 5.78. The van der Waals surface area contributed by atoms with E-state index in [0.717, 1.165) is 0 Å². The van der Waals surface area contributed by atoms with Crippen LogP contribution in [-0.4, -0.2) is 59.0 Å². The van der Waals surface area contributed by atoms with Gasteiger partial charge in [0.15, 0.2) is 0 Å². The van der Waals surface area contributed by atoms with E-state index >= 15 is 0 Å². The monoisotopic (exact) mass is 289 g/mol. The molecule has 0 aliphatic rings. The number of nitrogens with zero attached hydrogens (tertiary/aromatic N) is 2. The first-order chi connectivity index (χ1) is 9.01. The van der Waals surface area contributed by atoms with Gasteiger partial charge in [-0.15, -0.1) is 0 Å². The van der Waals surface area contributed by atoms with E-state index in [0.29, 0.717) is 19.0 Å². The summed E-state index contributed by atoms with van der Waals surface area (Å²) in [5.74, 6) is 0.665. The average molecular weight is 289 g/mol. The highest BCUT2D eigenvalue weighted by Gasteiger charge is 2.14. The largest absolute Gasteiger partial charge is 0.395 e. The van der Waals surface area contributed by atoms with E-state index in [9.17, 15) is 8.42 Å². The summed E-state index contributed by atoms with van der Waals surface area (Å²) >= 11 is 0. The number of hydrogen-bond acceptors (Lipinski definition) is 6. The zero-order valence-corrected chi connectivity index (χ0v) is 11.9. The fraction of sp³-hybridized carbons (Fsp3) is 0.545. The van der Waals surface area contributed by atoms with Crippen molar-refractivity contribution in [3.05, 3.63) is 18.3 Å². The standard InChI is InChI=1S/C11H19N3O4S/c1-14(6-8-18-2)11-4-3-10(9-12-11)19(16,17)13-5-7-15/h3-4,9,13,15H,5-8H2,1-2H3. The van der Waals surface area contributed by atoms with Crippen LogP contribution in [0.5, 0.6) is 0 Å². The fourth-order valence-electron chi connectivity index (χ4n) is 1.36. The Bertz CT molecular complexity index is 475. The van der Waals surface area contributed by atoms with Crippen LogP contribution in [0.4, 0.5) is 5.82 Å². The summed E-state index contributed by atoms with van der Waals surface area (Å²) in [6, 6.07) is 3.11. The van der Waals surface area contributed by atoms with E-state index in [1.54, 1.807) is 13.2 Å². The number of nitrogens with one attached hydrogen (secondary N) is 1. The molecular weight excluding hydrogens is 270 g/mol. The van der Waals surface area contributed by atoms with Crippen molar-refractivity contribution in [2.75, 3.05) is 45.4 Å². The maximum absolute atomic E-state index is 11.7. The number of aliphatic hydroxyl groups is 1. The molecule has 2 N–H and O–H groups in total. The van der Waals surface area contributed by atoms with Crippen LogP contribution in [0, 0.1) is 0 Å². The molecule has 1 aromatic heterocycles. The van der Waals surface area contributed by atoms with E-state index in [2.05, 4.69) is 9.71 Å². The van der Waals surface area contributed by atoms with Gasteiger partial charge in [-0.25, -0.2) is 18.1 Å². The number of sulfonamides is 1. The van der Waals surface area contributed by atoms with E-state index in [-0.39, 0.29) is 18.0 Å².